The van der Waals surface area contributed by atoms with Gasteiger partial charge >= 0.3 is 39.5 Å². The molecule has 0 heterocycles. The summed E-state index contributed by atoms with van der Waals surface area (Å²) in [7, 11) is -9.89. The first-order valence-corrected chi connectivity index (χ1v) is 39.3. The molecule has 19 heteroatoms. The lowest BCUT2D eigenvalue weighted by atomic mass is 10.0. The van der Waals surface area contributed by atoms with E-state index in [1.54, 1.807) is 0 Å². The smallest absolute Gasteiger partial charge is 0.462 e. The fourth-order valence-corrected chi connectivity index (χ4v) is 12.1. The van der Waals surface area contributed by atoms with Gasteiger partial charge < -0.3 is 33.8 Å². The number of phosphoric ester groups is 2. The van der Waals surface area contributed by atoms with E-state index < -0.39 is 97.5 Å². The number of carbonyl (C=O) groups is 4. The van der Waals surface area contributed by atoms with Crippen LogP contribution >= 0.6 is 15.6 Å². The van der Waals surface area contributed by atoms with Gasteiger partial charge in [0, 0.05) is 25.7 Å². The van der Waals surface area contributed by atoms with Crippen LogP contribution in [0.3, 0.4) is 0 Å². The molecule has 3 N–H and O–H groups in total. The van der Waals surface area contributed by atoms with Crippen molar-refractivity contribution >= 4 is 39.5 Å². The number of ether oxygens (including phenoxy) is 4. The van der Waals surface area contributed by atoms with Crippen molar-refractivity contribution < 1.29 is 80.2 Å². The molecule has 17 nitrogen and oxygen atoms in total. The topological polar surface area (TPSA) is 237 Å². The van der Waals surface area contributed by atoms with Crippen molar-refractivity contribution in [3.8, 4) is 0 Å². The molecule has 0 aromatic carbocycles. The maximum Gasteiger partial charge on any atom is 0.472 e. The Morgan fingerprint density at radius 3 is 0.670 bits per heavy atom. The molecule has 0 fully saturated rings. The molecule has 0 aliphatic heterocycles. The van der Waals surface area contributed by atoms with Crippen LogP contribution < -0.4 is 0 Å². The number of phosphoric acid groups is 2. The molecule has 522 valence electrons. The highest BCUT2D eigenvalue weighted by Gasteiger charge is 2.30. The third-order valence-corrected chi connectivity index (χ3v) is 18.0. The molecule has 0 aliphatic rings. The van der Waals surface area contributed by atoms with Gasteiger partial charge in [0.1, 0.15) is 19.3 Å². The van der Waals surface area contributed by atoms with E-state index in [9.17, 15) is 43.2 Å². The predicted octanol–water partition coefficient (Wildman–Crippen LogP) is 19.9. The van der Waals surface area contributed by atoms with Crippen LogP contribution in [-0.4, -0.2) is 96.7 Å². The van der Waals surface area contributed by atoms with E-state index in [4.69, 9.17) is 37.0 Å². The third-order valence-electron chi connectivity index (χ3n) is 16.1. The lowest BCUT2D eigenvalue weighted by molar-refractivity contribution is -0.161. The molecule has 0 aromatic heterocycles. The molecular weight excluding hydrogens is 1160 g/mol. The number of aliphatic hydroxyl groups excluding tert-OH is 1. The number of carbonyl (C=O) groups excluding carboxylic acids is 4. The van der Waals surface area contributed by atoms with E-state index in [0.717, 1.165) is 89.9 Å². The largest absolute Gasteiger partial charge is 0.472 e. The third kappa shape index (κ3) is 62.8. The van der Waals surface area contributed by atoms with Gasteiger partial charge in [0.25, 0.3) is 0 Å². The lowest BCUT2D eigenvalue weighted by Gasteiger charge is -2.21. The molecule has 0 rings (SSSR count). The van der Waals surface area contributed by atoms with Crippen LogP contribution in [0.25, 0.3) is 0 Å². The van der Waals surface area contributed by atoms with Crippen LogP contribution in [0.1, 0.15) is 362 Å². The molecule has 0 saturated heterocycles. The number of hydrogen-bond acceptors (Lipinski definition) is 15. The second-order valence-electron chi connectivity index (χ2n) is 24.9. The van der Waals surface area contributed by atoms with Gasteiger partial charge in [0.2, 0.25) is 0 Å². The molecule has 0 saturated carbocycles. The van der Waals surface area contributed by atoms with Gasteiger partial charge in [-0.3, -0.25) is 37.3 Å². The van der Waals surface area contributed by atoms with Gasteiger partial charge in [-0.2, -0.15) is 0 Å². The number of rotatable bonds is 70. The second-order valence-corrected chi connectivity index (χ2v) is 27.8. The quantitative estimate of drug-likeness (QED) is 0.0222. The van der Waals surface area contributed by atoms with Crippen LogP contribution in [0.4, 0.5) is 0 Å². The lowest BCUT2D eigenvalue weighted by Crippen LogP contribution is -2.30. The molecule has 0 aromatic rings. The summed E-state index contributed by atoms with van der Waals surface area (Å²) in [5.41, 5.74) is 0. The summed E-state index contributed by atoms with van der Waals surface area (Å²) >= 11 is 0. The Morgan fingerprint density at radius 1 is 0.273 bits per heavy atom. The minimum Gasteiger partial charge on any atom is -0.462 e. The predicted molar refractivity (Wildman–Crippen MR) is 354 cm³/mol. The van der Waals surface area contributed by atoms with Crippen molar-refractivity contribution in [1.29, 1.82) is 0 Å². The Labute approximate surface area is 537 Å². The Kier molecular flexibility index (Phi) is 62.4. The molecule has 0 bridgehead atoms. The van der Waals surface area contributed by atoms with Crippen molar-refractivity contribution in [1.82, 2.24) is 0 Å². The summed E-state index contributed by atoms with van der Waals surface area (Å²) in [5.74, 6) is -2.12. The van der Waals surface area contributed by atoms with E-state index in [0.29, 0.717) is 25.7 Å². The highest BCUT2D eigenvalue weighted by molar-refractivity contribution is 7.47. The minimum atomic E-state index is -4.95. The Hall–Kier alpha value is -1.94. The van der Waals surface area contributed by atoms with Gasteiger partial charge in [-0.05, 0) is 25.7 Å². The normalized spacial score (nSPS) is 14.0. The summed E-state index contributed by atoms with van der Waals surface area (Å²) < 4.78 is 68.2. The first-order valence-electron chi connectivity index (χ1n) is 36.3. The van der Waals surface area contributed by atoms with E-state index in [1.165, 1.54) is 193 Å². The Balaban J connectivity index is 5.22. The van der Waals surface area contributed by atoms with E-state index in [1.807, 2.05) is 0 Å². The van der Waals surface area contributed by atoms with Crippen LogP contribution in [0, 0.1) is 0 Å². The zero-order valence-electron chi connectivity index (χ0n) is 56.7. The van der Waals surface area contributed by atoms with Crippen molar-refractivity contribution in [2.45, 2.75) is 380 Å². The van der Waals surface area contributed by atoms with Gasteiger partial charge in [0.15, 0.2) is 12.2 Å². The number of aliphatic hydroxyl groups is 1. The molecule has 0 aliphatic carbocycles. The van der Waals surface area contributed by atoms with Crippen molar-refractivity contribution in [2.24, 2.45) is 0 Å². The Morgan fingerprint density at radius 2 is 0.455 bits per heavy atom. The molecule has 0 amide bonds. The summed E-state index contributed by atoms with van der Waals surface area (Å²) in [5, 5.41) is 10.6. The van der Waals surface area contributed by atoms with Crippen molar-refractivity contribution in [3.05, 3.63) is 0 Å². The van der Waals surface area contributed by atoms with Crippen LogP contribution in [-0.2, 0) is 65.4 Å². The molecule has 5 atom stereocenters. The van der Waals surface area contributed by atoms with Crippen LogP contribution in [0.2, 0.25) is 0 Å². The number of unbranched alkanes of at least 4 members (excludes halogenated alkanes) is 44. The van der Waals surface area contributed by atoms with E-state index >= 15 is 0 Å². The first-order chi connectivity index (χ1) is 42.7. The fourth-order valence-electron chi connectivity index (χ4n) is 10.5. The highest BCUT2D eigenvalue weighted by atomic mass is 31.2. The number of hydrogen-bond donors (Lipinski definition) is 3. The maximum atomic E-state index is 13.0. The van der Waals surface area contributed by atoms with E-state index in [-0.39, 0.29) is 25.7 Å². The van der Waals surface area contributed by atoms with Crippen molar-refractivity contribution in [2.75, 3.05) is 39.6 Å². The average molecular weight is 1300 g/mol. The fraction of sp³-hybridized carbons (Fsp3) is 0.942. The van der Waals surface area contributed by atoms with Gasteiger partial charge in [-0.25, -0.2) is 9.13 Å². The molecule has 88 heavy (non-hydrogen) atoms. The summed E-state index contributed by atoms with van der Waals surface area (Å²) in [6, 6.07) is 0. The average Bonchev–Trinajstić information content (AvgIpc) is 3.70. The van der Waals surface area contributed by atoms with Crippen molar-refractivity contribution in [3.63, 3.8) is 0 Å². The monoisotopic (exact) mass is 1300 g/mol. The Bertz CT molecular complexity index is 1690. The molecule has 2 unspecified atom stereocenters. The summed E-state index contributed by atoms with van der Waals surface area (Å²) in [6.07, 6.45) is 51.2. The zero-order valence-corrected chi connectivity index (χ0v) is 58.5. The molecular formula is C69H134O17P2. The molecule has 0 radical (unpaired) electrons. The molecule has 0 spiro atoms. The minimum absolute atomic E-state index is 0.107. The van der Waals surface area contributed by atoms with Gasteiger partial charge in [0.05, 0.1) is 26.4 Å². The summed E-state index contributed by atoms with van der Waals surface area (Å²) in [6.45, 7) is 4.93. The first kappa shape index (κ1) is 86.1. The van der Waals surface area contributed by atoms with Crippen LogP contribution in [0.5, 0.6) is 0 Å². The SMILES string of the molecule is CCCCCCCCCCCCCCCCCCC(=O)O[C@H](COC(=O)CCCCCCCCCCCCCC)COP(=O)(O)OC[C@@H](O)COP(=O)(O)OC[C@@H](COC(=O)CCCCCCCCCCCC)OC(=O)CCCCCCCCCCCC. The summed E-state index contributed by atoms with van der Waals surface area (Å²) in [4.78, 5) is 72.4. The van der Waals surface area contributed by atoms with Crippen LogP contribution in [0.15, 0.2) is 0 Å². The van der Waals surface area contributed by atoms with Gasteiger partial charge in [-0.15, -0.1) is 0 Å². The maximum absolute atomic E-state index is 13.0. The standard InChI is InChI=1S/C69H134O17P2/c1-5-9-13-17-21-25-29-31-32-33-34-36-40-44-48-52-56-69(74)86-65(60-80-67(72)54-50-46-42-39-35-30-26-22-18-14-10-6-2)62-84-88(77,78)82-58-63(70)57-81-87(75,76)83-61-64(85-68(73)55-51-47-43-38-28-24-20-16-12-8-4)59-79-66(71)53-49-45-41-37-27-23-19-15-11-7-3/h63-65,70H,5-62H2,1-4H3,(H,75,76)(H,77,78)/t63-,64+,65+/m0/s1. The van der Waals surface area contributed by atoms with E-state index in [2.05, 4.69) is 27.7 Å². The zero-order chi connectivity index (χ0) is 64.7. The van der Waals surface area contributed by atoms with Gasteiger partial charge in [-0.1, -0.05) is 310 Å². The highest BCUT2D eigenvalue weighted by Crippen LogP contribution is 2.45. The number of esters is 4. The second kappa shape index (κ2) is 63.8.